The Morgan fingerprint density at radius 3 is 2.70 bits per heavy atom. The topological polar surface area (TPSA) is 34.0 Å². The third kappa shape index (κ3) is 4.37. The van der Waals surface area contributed by atoms with Crippen LogP contribution in [0.5, 0.6) is 5.75 Å². The Balaban J connectivity index is 1.28. The molecule has 0 spiro atoms. The molecule has 2 aromatic carbocycles. The van der Waals surface area contributed by atoms with E-state index in [1.54, 1.807) is 24.3 Å². The summed E-state index contributed by atoms with van der Waals surface area (Å²) in [5, 5.41) is 0. The summed E-state index contributed by atoms with van der Waals surface area (Å²) in [6, 6.07) is 12.6. The predicted molar refractivity (Wildman–Crippen MR) is 102 cm³/mol. The van der Waals surface area contributed by atoms with E-state index >= 15 is 0 Å². The second-order valence-electron chi connectivity index (χ2n) is 7.18. The van der Waals surface area contributed by atoms with Crippen molar-refractivity contribution in [3.63, 3.8) is 0 Å². The molecule has 0 saturated carbocycles. The highest BCUT2D eigenvalue weighted by atomic mass is 19.1. The van der Waals surface area contributed by atoms with Crippen LogP contribution in [-0.2, 0) is 17.8 Å². The number of carbonyl (C=O) groups is 1. The van der Waals surface area contributed by atoms with Crippen molar-refractivity contribution >= 4 is 12.0 Å². The maximum absolute atomic E-state index is 12.9. The summed E-state index contributed by atoms with van der Waals surface area (Å²) in [6.07, 6.45) is 4.33. The number of nitrogens with zero attached hydrogens (tertiary/aromatic N) is 1. The quantitative estimate of drug-likeness (QED) is 0.835. The van der Waals surface area contributed by atoms with E-state index in [0.29, 0.717) is 0 Å². The van der Waals surface area contributed by atoms with E-state index in [0.717, 1.165) is 57.1 Å². The first kappa shape index (κ1) is 17.7. The van der Waals surface area contributed by atoms with E-state index in [-0.39, 0.29) is 11.7 Å². The van der Waals surface area contributed by atoms with Gasteiger partial charge in [0, 0.05) is 18.1 Å². The van der Waals surface area contributed by atoms with Gasteiger partial charge >= 0.3 is 0 Å². The summed E-state index contributed by atoms with van der Waals surface area (Å²) < 4.78 is 18.5. The van der Waals surface area contributed by atoms with E-state index in [1.807, 2.05) is 4.90 Å². The lowest BCUT2D eigenvalue weighted by molar-refractivity contribution is -0.917. The lowest BCUT2D eigenvalue weighted by Crippen LogP contribution is -3.13. The zero-order valence-electron chi connectivity index (χ0n) is 15.3. The van der Waals surface area contributed by atoms with Crippen LogP contribution < -0.4 is 9.64 Å². The zero-order chi connectivity index (χ0) is 18.6. The number of ether oxygens (including phenoxy) is 1. The average Bonchev–Trinajstić information content (AvgIpc) is 3.16. The van der Waals surface area contributed by atoms with Gasteiger partial charge in [-0.15, -0.1) is 0 Å². The number of quaternary nitrogens is 1. The number of amides is 1. The molecule has 0 radical (unpaired) electrons. The molecule has 140 valence electrons. The van der Waals surface area contributed by atoms with Gasteiger partial charge in [-0.3, -0.25) is 4.79 Å². The minimum atomic E-state index is -0.270. The third-order valence-electron chi connectivity index (χ3n) is 5.28. The first-order valence-electron chi connectivity index (χ1n) is 9.48. The SMILES string of the molecule is O=C(/C=C/c1ccc(F)cc1)N1CC[NH+](Cc2ccc3c(c2)CCO3)CC1. The number of fused-ring (bicyclic) bond motifs is 1. The smallest absolute Gasteiger partial charge is 0.246 e. The molecule has 0 bridgehead atoms. The maximum atomic E-state index is 12.9. The van der Waals surface area contributed by atoms with Crippen molar-refractivity contribution in [3.05, 3.63) is 71.0 Å². The van der Waals surface area contributed by atoms with Gasteiger partial charge in [0.1, 0.15) is 18.1 Å². The van der Waals surface area contributed by atoms with Crippen LogP contribution >= 0.6 is 0 Å². The summed E-state index contributed by atoms with van der Waals surface area (Å²) in [4.78, 5) is 15.8. The fourth-order valence-corrected chi connectivity index (χ4v) is 3.71. The highest BCUT2D eigenvalue weighted by Crippen LogP contribution is 2.25. The van der Waals surface area contributed by atoms with E-state index in [9.17, 15) is 9.18 Å². The Bertz CT molecular complexity index is 840. The lowest BCUT2D eigenvalue weighted by atomic mass is 10.1. The molecule has 1 fully saturated rings. The summed E-state index contributed by atoms with van der Waals surface area (Å²) in [5.41, 5.74) is 3.48. The number of hydrogen-bond acceptors (Lipinski definition) is 2. The predicted octanol–water partition coefficient (Wildman–Crippen LogP) is 1.70. The van der Waals surface area contributed by atoms with Gasteiger partial charge in [0.25, 0.3) is 0 Å². The fraction of sp³-hybridized carbons (Fsp3) is 0.318. The van der Waals surface area contributed by atoms with Gasteiger partial charge in [0.15, 0.2) is 0 Å². The Kier molecular flexibility index (Phi) is 5.21. The van der Waals surface area contributed by atoms with Gasteiger partial charge < -0.3 is 14.5 Å². The molecule has 0 aliphatic carbocycles. The van der Waals surface area contributed by atoms with Crippen LogP contribution in [0.25, 0.3) is 6.08 Å². The summed E-state index contributed by atoms with van der Waals surface area (Å²) in [7, 11) is 0. The van der Waals surface area contributed by atoms with Gasteiger partial charge in [0.2, 0.25) is 5.91 Å². The van der Waals surface area contributed by atoms with Gasteiger partial charge in [-0.25, -0.2) is 4.39 Å². The molecule has 0 aromatic heterocycles. The van der Waals surface area contributed by atoms with E-state index in [1.165, 1.54) is 28.2 Å². The minimum absolute atomic E-state index is 0.0213. The third-order valence-corrected chi connectivity index (χ3v) is 5.28. The standard InChI is InChI=1S/C22H23FN2O2/c23-20-5-1-17(2-6-20)4-8-22(26)25-12-10-24(11-13-25)16-18-3-7-21-19(15-18)9-14-27-21/h1-8,15H,9-14,16H2/p+1/b8-4+. The highest BCUT2D eigenvalue weighted by molar-refractivity contribution is 5.91. The number of halogens is 1. The lowest BCUT2D eigenvalue weighted by Gasteiger charge is -2.31. The molecule has 4 nitrogen and oxygen atoms in total. The van der Waals surface area contributed by atoms with Crippen molar-refractivity contribution in [2.24, 2.45) is 0 Å². The van der Waals surface area contributed by atoms with Crippen LogP contribution in [-0.4, -0.2) is 43.6 Å². The average molecular weight is 367 g/mol. The molecule has 4 rings (SSSR count). The number of piperazine rings is 1. The number of rotatable bonds is 4. The van der Waals surface area contributed by atoms with Crippen molar-refractivity contribution in [2.75, 3.05) is 32.8 Å². The first-order valence-corrected chi connectivity index (χ1v) is 9.48. The van der Waals surface area contributed by atoms with E-state index in [2.05, 4.69) is 18.2 Å². The second-order valence-corrected chi connectivity index (χ2v) is 7.18. The van der Waals surface area contributed by atoms with Crippen molar-refractivity contribution in [1.82, 2.24) is 4.90 Å². The number of nitrogens with one attached hydrogen (secondary N) is 1. The molecular formula is C22H24FN2O2+. The molecule has 5 heteroatoms. The second kappa shape index (κ2) is 7.92. The molecule has 0 atom stereocenters. The van der Waals surface area contributed by atoms with Crippen LogP contribution in [0.3, 0.4) is 0 Å². The Morgan fingerprint density at radius 1 is 1.15 bits per heavy atom. The number of hydrogen-bond donors (Lipinski definition) is 1. The molecule has 1 saturated heterocycles. The van der Waals surface area contributed by atoms with Crippen LogP contribution in [0, 0.1) is 5.82 Å². The van der Waals surface area contributed by atoms with Crippen LogP contribution in [0.2, 0.25) is 0 Å². The largest absolute Gasteiger partial charge is 0.493 e. The zero-order valence-corrected chi connectivity index (χ0v) is 15.3. The van der Waals surface area contributed by atoms with Crippen LogP contribution in [0.4, 0.5) is 4.39 Å². The van der Waals surface area contributed by atoms with Crippen LogP contribution in [0.1, 0.15) is 16.7 Å². The monoisotopic (exact) mass is 367 g/mol. The van der Waals surface area contributed by atoms with Gasteiger partial charge in [-0.1, -0.05) is 12.1 Å². The van der Waals surface area contributed by atoms with Gasteiger partial charge in [-0.05, 0) is 47.5 Å². The molecule has 2 aromatic rings. The Morgan fingerprint density at radius 2 is 1.93 bits per heavy atom. The summed E-state index contributed by atoms with van der Waals surface area (Å²) in [5.74, 6) is 0.777. The fourth-order valence-electron chi connectivity index (χ4n) is 3.71. The first-order chi connectivity index (χ1) is 13.2. The normalized spacial score (nSPS) is 17.1. The Hall–Kier alpha value is -2.66. The molecular weight excluding hydrogens is 343 g/mol. The van der Waals surface area contributed by atoms with Crippen molar-refractivity contribution < 1.29 is 18.8 Å². The van der Waals surface area contributed by atoms with Gasteiger partial charge in [0.05, 0.1) is 32.8 Å². The molecule has 1 amide bonds. The number of carbonyl (C=O) groups excluding carboxylic acids is 1. The molecule has 0 unspecified atom stereocenters. The van der Waals surface area contributed by atoms with Crippen molar-refractivity contribution in [1.29, 1.82) is 0 Å². The molecule has 2 aliphatic rings. The highest BCUT2D eigenvalue weighted by Gasteiger charge is 2.23. The molecule has 1 N–H and O–H groups in total. The van der Waals surface area contributed by atoms with E-state index < -0.39 is 0 Å². The molecule has 27 heavy (non-hydrogen) atoms. The molecule has 2 heterocycles. The summed E-state index contributed by atoms with van der Waals surface area (Å²) in [6.45, 7) is 5.19. The van der Waals surface area contributed by atoms with Gasteiger partial charge in [-0.2, -0.15) is 0 Å². The summed E-state index contributed by atoms with van der Waals surface area (Å²) >= 11 is 0. The van der Waals surface area contributed by atoms with Crippen LogP contribution in [0.15, 0.2) is 48.5 Å². The van der Waals surface area contributed by atoms with E-state index in [4.69, 9.17) is 4.74 Å². The van der Waals surface area contributed by atoms with Crippen molar-refractivity contribution in [2.45, 2.75) is 13.0 Å². The molecule has 2 aliphatic heterocycles. The Labute approximate surface area is 158 Å². The van der Waals surface area contributed by atoms with Crippen molar-refractivity contribution in [3.8, 4) is 5.75 Å². The number of benzene rings is 2. The maximum Gasteiger partial charge on any atom is 0.246 e. The minimum Gasteiger partial charge on any atom is -0.493 e.